The molecular weight excluding hydrogens is 968 g/mol. The third-order valence-corrected chi connectivity index (χ3v) is 3.42. The van der Waals surface area contributed by atoms with Gasteiger partial charge in [-0.25, -0.2) is 0 Å². The predicted octanol–water partition coefficient (Wildman–Crippen LogP) is 5.62. The summed E-state index contributed by atoms with van der Waals surface area (Å²) >= 11 is 0. The van der Waals surface area contributed by atoms with Crippen LogP contribution in [0.5, 0.6) is 0 Å². The van der Waals surface area contributed by atoms with Gasteiger partial charge in [0.1, 0.15) is 0 Å². The van der Waals surface area contributed by atoms with Gasteiger partial charge in [-0.2, -0.15) is 105 Å². The minimum atomic E-state index is -5.31. The molecule has 0 atom stereocenters. The smallest absolute Gasteiger partial charge is 0.306 e. The van der Waals surface area contributed by atoms with Crippen LogP contribution in [0, 0.1) is 66.5 Å². The van der Waals surface area contributed by atoms with Crippen LogP contribution in [0.4, 0.5) is 105 Å². The Labute approximate surface area is 305 Å². The molecule has 8 nitrogen and oxygen atoms in total. The molecule has 0 amide bonds. The van der Waals surface area contributed by atoms with Crippen LogP contribution in [0.1, 0.15) is 0 Å². The molecule has 0 aliphatic heterocycles. The zero-order chi connectivity index (χ0) is 43.4. The van der Waals surface area contributed by atoms with E-state index in [0.717, 1.165) is 0 Å². The first-order valence-corrected chi connectivity index (χ1v) is 10.6. The van der Waals surface area contributed by atoms with Crippen molar-refractivity contribution in [2.24, 2.45) is 0 Å². The van der Waals surface area contributed by atoms with E-state index in [4.69, 9.17) is 38.4 Å². The number of ketones is 8. The Kier molecular flexibility index (Phi) is 23.1. The second kappa shape index (κ2) is 20.8. The van der Waals surface area contributed by atoms with Gasteiger partial charge < -0.3 is 38.4 Å². The summed E-state index contributed by atoms with van der Waals surface area (Å²) in [6, 6.07) is 0. The van der Waals surface area contributed by atoms with Gasteiger partial charge in [0.2, 0.25) is 0 Å². The van der Waals surface area contributed by atoms with Crippen LogP contribution in [0.2, 0.25) is 0 Å². The molecular formula is C20H12F24NdO8+7. The molecule has 8 N–H and O–H groups in total. The third kappa shape index (κ3) is 28.7. The largest absolute Gasteiger partial charge is 3.00 e. The summed E-state index contributed by atoms with van der Waals surface area (Å²) in [6.07, 6.45) is -45.7. The number of carbonyl (C=O) groups excluding carboxylic acids is 8. The van der Waals surface area contributed by atoms with Crippen LogP contribution in [-0.4, -0.2) is 134 Å². The van der Waals surface area contributed by atoms with Crippen molar-refractivity contribution in [1.29, 1.82) is 0 Å². The van der Waals surface area contributed by atoms with Crippen molar-refractivity contribution in [1.82, 2.24) is 0 Å². The zero-order valence-electron chi connectivity index (χ0n) is 23.5. The first-order valence-electron chi connectivity index (χ1n) is 10.6. The van der Waals surface area contributed by atoms with Gasteiger partial charge in [-0.05, 0) is 0 Å². The van der Waals surface area contributed by atoms with E-state index in [2.05, 4.69) is 0 Å². The van der Waals surface area contributed by atoms with Gasteiger partial charge >= 0.3 is 90.2 Å². The Morgan fingerprint density at radius 2 is 0.264 bits per heavy atom. The first-order chi connectivity index (χ1) is 22.2. The average Bonchev–Trinajstić information content (AvgIpc) is 2.85. The quantitative estimate of drug-likeness (QED) is 0.128. The molecule has 0 aromatic rings. The number of hydrogen-bond acceptors (Lipinski definition) is 0. The van der Waals surface area contributed by atoms with Crippen molar-refractivity contribution in [2.75, 3.05) is 0 Å². The molecule has 0 saturated carbocycles. The van der Waals surface area contributed by atoms with E-state index in [1.165, 1.54) is 0 Å². The Morgan fingerprint density at radius 3 is 0.302 bits per heavy atom. The molecule has 0 saturated heterocycles. The van der Waals surface area contributed by atoms with E-state index in [-0.39, 0.29) is 40.8 Å². The maximum Gasteiger partial charge on any atom is 3.00 e. The van der Waals surface area contributed by atoms with Crippen molar-refractivity contribution in [2.45, 2.75) is 49.4 Å². The average molecular weight is 981 g/mol. The van der Waals surface area contributed by atoms with Crippen molar-refractivity contribution >= 4 is 46.3 Å². The number of halogens is 24. The summed E-state index contributed by atoms with van der Waals surface area (Å²) in [5, 5.41) is 0. The number of hydrogen-bond donors (Lipinski definition) is 0. The fourth-order valence-electron chi connectivity index (χ4n) is 1.17. The maximum absolute atomic E-state index is 11.4. The van der Waals surface area contributed by atoms with Gasteiger partial charge in [-0.1, -0.05) is 0 Å². The molecule has 0 heterocycles. The molecule has 0 aromatic carbocycles. The Bertz CT molecular complexity index is 1010. The minimum absolute atomic E-state index is 0. The predicted molar refractivity (Wildman–Crippen MR) is 121 cm³/mol. The zero-order valence-corrected chi connectivity index (χ0v) is 26.7. The molecule has 53 heavy (non-hydrogen) atoms. The van der Waals surface area contributed by atoms with Crippen LogP contribution in [0.25, 0.3) is 0 Å². The van der Waals surface area contributed by atoms with Crippen LogP contribution < -0.4 is 0 Å². The minimum Gasteiger partial charge on any atom is -0.306 e. The molecule has 0 aliphatic rings. The van der Waals surface area contributed by atoms with Crippen LogP contribution in [0.15, 0.2) is 0 Å². The SMILES string of the molecule is [Nd+3].[OH+]=C([CH-]C(=[OH+])C(F)(F)F)C(F)(F)F.[OH+]=C([CH-]C(=[OH+])C(F)(F)F)C(F)(F)F.[OH+]=C([CH-]C(=[OH+])C(F)(F)F)C(F)(F)F.[OH+]=C([CH-]C(=[OH+])C(F)(F)F)C(F)(F)F. The summed E-state index contributed by atoms with van der Waals surface area (Å²) in [4.78, 5) is 63.8. The van der Waals surface area contributed by atoms with Crippen LogP contribution >= 0.6 is 0 Å². The molecule has 0 rings (SSSR count). The molecule has 0 fully saturated rings. The summed E-state index contributed by atoms with van der Waals surface area (Å²) in [5.41, 5.74) is 0. The van der Waals surface area contributed by atoms with E-state index >= 15 is 0 Å². The summed E-state index contributed by atoms with van der Waals surface area (Å²) in [7, 11) is 0. The van der Waals surface area contributed by atoms with E-state index in [1.54, 1.807) is 0 Å². The fourth-order valence-corrected chi connectivity index (χ4v) is 1.17. The molecule has 0 aliphatic carbocycles. The van der Waals surface area contributed by atoms with Gasteiger partial charge in [0.05, 0.1) is 0 Å². The Morgan fingerprint density at radius 1 is 0.208 bits per heavy atom. The van der Waals surface area contributed by atoms with Crippen LogP contribution in [0.3, 0.4) is 0 Å². The van der Waals surface area contributed by atoms with E-state index in [0.29, 0.717) is 0 Å². The van der Waals surface area contributed by atoms with Crippen LogP contribution in [-0.2, 0) is 0 Å². The standard InChI is InChI=1S/4C5HF6O2.Nd/c4*6-4(7,8)2(12)1-3(13)5(9,10)11;/h4*1H;/q4*-1;+3/p+8. The monoisotopic (exact) mass is 978 g/mol. The van der Waals surface area contributed by atoms with E-state index in [1.807, 2.05) is 0 Å². The Balaban J connectivity index is -0.000000192. The molecule has 1 radical (unpaired) electrons. The molecule has 33 heteroatoms. The molecule has 0 spiro atoms. The molecule has 0 bridgehead atoms. The molecule has 0 unspecified atom stereocenters. The third-order valence-electron chi connectivity index (χ3n) is 3.42. The van der Waals surface area contributed by atoms with Crippen molar-refractivity contribution < 1.29 is 185 Å². The first kappa shape index (κ1) is 58.8. The summed E-state index contributed by atoms with van der Waals surface area (Å²) in [5.74, 6) is -20.1. The molecule has 0 aromatic heterocycles. The fraction of sp³-hybridized carbons (Fsp3) is 0.400. The van der Waals surface area contributed by atoms with Gasteiger partial charge in [0, 0.05) is 0 Å². The van der Waals surface area contributed by atoms with Gasteiger partial charge in [-0.3, -0.25) is 0 Å². The summed E-state index contributed by atoms with van der Waals surface area (Å²) in [6.45, 7) is 0. The summed E-state index contributed by atoms with van der Waals surface area (Å²) < 4.78 is 273. The van der Waals surface area contributed by atoms with E-state index < -0.39 is 121 Å². The second-order valence-corrected chi connectivity index (χ2v) is 7.64. The molecule has 305 valence electrons. The van der Waals surface area contributed by atoms with Crippen molar-refractivity contribution in [3.8, 4) is 0 Å². The van der Waals surface area contributed by atoms with Gasteiger partial charge in [0.15, 0.2) is 0 Å². The maximum atomic E-state index is 11.4. The van der Waals surface area contributed by atoms with Gasteiger partial charge in [-0.15, -0.1) is 25.7 Å². The van der Waals surface area contributed by atoms with E-state index in [9.17, 15) is 105 Å². The Hall–Kier alpha value is -3.49. The normalized spacial score (nSPS) is 12.2. The van der Waals surface area contributed by atoms with Crippen molar-refractivity contribution in [3.05, 3.63) is 25.7 Å². The van der Waals surface area contributed by atoms with Crippen molar-refractivity contribution in [3.63, 3.8) is 0 Å². The number of rotatable bonds is 8. The number of alkyl halides is 24. The second-order valence-electron chi connectivity index (χ2n) is 7.64. The van der Waals surface area contributed by atoms with Gasteiger partial charge in [0.25, 0.3) is 46.3 Å². The topological polar surface area (TPSA) is 171 Å².